The maximum absolute atomic E-state index is 10.6. The molecule has 3 nitrogen and oxygen atoms in total. The zero-order chi connectivity index (χ0) is 9.97. The summed E-state index contributed by atoms with van der Waals surface area (Å²) in [6.45, 7) is 0. The Hall–Kier alpha value is -1.65. The molecule has 15 heavy (non-hydrogen) atoms. The summed E-state index contributed by atoms with van der Waals surface area (Å²) in [5.41, 5.74) is 1.38. The van der Waals surface area contributed by atoms with Crippen molar-refractivity contribution in [1.29, 1.82) is 0 Å². The van der Waals surface area contributed by atoms with Gasteiger partial charge in [0, 0.05) is 4.88 Å². The third-order valence-electron chi connectivity index (χ3n) is 1.94. The number of carboxylic acid groups (broad SMARTS) is 1. The van der Waals surface area contributed by atoms with Gasteiger partial charge in [-0.1, -0.05) is 18.2 Å². The Morgan fingerprint density at radius 2 is 1.80 bits per heavy atom. The SMILES string of the molecule is O.O=C(O)c1ccc(-c2cccs2)cc1. The minimum atomic E-state index is -0.886. The zero-order valence-corrected chi connectivity index (χ0v) is 8.62. The minimum Gasteiger partial charge on any atom is -0.478 e. The van der Waals surface area contributed by atoms with Gasteiger partial charge in [-0.15, -0.1) is 11.3 Å². The maximum Gasteiger partial charge on any atom is 0.335 e. The second-order valence-electron chi connectivity index (χ2n) is 2.86. The van der Waals surface area contributed by atoms with Gasteiger partial charge in [-0.3, -0.25) is 0 Å². The van der Waals surface area contributed by atoms with Crippen molar-refractivity contribution >= 4 is 17.3 Å². The van der Waals surface area contributed by atoms with Gasteiger partial charge in [-0.05, 0) is 29.1 Å². The molecule has 4 heteroatoms. The molecular formula is C11H10O3S. The first-order chi connectivity index (χ1) is 6.77. The topological polar surface area (TPSA) is 68.8 Å². The van der Waals surface area contributed by atoms with Crippen molar-refractivity contribution in [1.82, 2.24) is 0 Å². The Morgan fingerprint density at radius 3 is 2.27 bits per heavy atom. The molecule has 0 spiro atoms. The van der Waals surface area contributed by atoms with Gasteiger partial charge in [-0.25, -0.2) is 4.79 Å². The highest BCUT2D eigenvalue weighted by atomic mass is 32.1. The molecule has 2 aromatic rings. The van der Waals surface area contributed by atoms with Gasteiger partial charge in [0.2, 0.25) is 0 Å². The van der Waals surface area contributed by atoms with Crippen LogP contribution in [0.15, 0.2) is 41.8 Å². The lowest BCUT2D eigenvalue weighted by molar-refractivity contribution is 0.0697. The molecule has 78 valence electrons. The molecule has 0 radical (unpaired) electrons. The van der Waals surface area contributed by atoms with Crippen molar-refractivity contribution in [3.63, 3.8) is 0 Å². The summed E-state index contributed by atoms with van der Waals surface area (Å²) in [7, 11) is 0. The standard InChI is InChI=1S/C11H8O2S.H2O/c12-11(13)9-5-3-8(4-6-9)10-2-1-7-14-10;/h1-7H,(H,12,13);1H2. The van der Waals surface area contributed by atoms with Gasteiger partial charge >= 0.3 is 5.97 Å². The second-order valence-corrected chi connectivity index (χ2v) is 3.81. The van der Waals surface area contributed by atoms with Gasteiger partial charge in [-0.2, -0.15) is 0 Å². The smallest absolute Gasteiger partial charge is 0.335 e. The molecule has 0 amide bonds. The molecule has 0 unspecified atom stereocenters. The fourth-order valence-electron chi connectivity index (χ4n) is 1.22. The molecule has 1 aromatic heterocycles. The average molecular weight is 222 g/mol. The molecule has 0 saturated heterocycles. The van der Waals surface area contributed by atoms with E-state index >= 15 is 0 Å². The monoisotopic (exact) mass is 222 g/mol. The Balaban J connectivity index is 0.00000112. The van der Waals surface area contributed by atoms with Crippen LogP contribution in [0.3, 0.4) is 0 Å². The third-order valence-corrected chi connectivity index (χ3v) is 2.86. The lowest BCUT2D eigenvalue weighted by Gasteiger charge is -1.97. The van der Waals surface area contributed by atoms with Gasteiger partial charge in [0.15, 0.2) is 0 Å². The van der Waals surface area contributed by atoms with Crippen LogP contribution in [-0.4, -0.2) is 16.6 Å². The summed E-state index contributed by atoms with van der Waals surface area (Å²) < 4.78 is 0. The molecule has 2 rings (SSSR count). The maximum atomic E-state index is 10.6. The molecular weight excluding hydrogens is 212 g/mol. The van der Waals surface area contributed by atoms with E-state index in [1.54, 1.807) is 23.5 Å². The first kappa shape index (κ1) is 11.4. The number of rotatable bonds is 2. The van der Waals surface area contributed by atoms with Crippen LogP contribution in [0.1, 0.15) is 10.4 Å². The Morgan fingerprint density at radius 1 is 1.13 bits per heavy atom. The van der Waals surface area contributed by atoms with Crippen molar-refractivity contribution in [3.8, 4) is 10.4 Å². The first-order valence-electron chi connectivity index (χ1n) is 4.14. The van der Waals surface area contributed by atoms with E-state index in [0.29, 0.717) is 5.56 Å². The molecule has 0 saturated carbocycles. The molecule has 0 atom stereocenters. The number of aromatic carboxylic acids is 1. The highest BCUT2D eigenvalue weighted by molar-refractivity contribution is 7.13. The van der Waals surface area contributed by atoms with Crippen molar-refractivity contribution in [2.75, 3.05) is 0 Å². The van der Waals surface area contributed by atoms with Crippen molar-refractivity contribution < 1.29 is 15.4 Å². The molecule has 1 aromatic carbocycles. The highest BCUT2D eigenvalue weighted by Crippen LogP contribution is 2.24. The van der Waals surface area contributed by atoms with Crippen molar-refractivity contribution in [2.45, 2.75) is 0 Å². The van der Waals surface area contributed by atoms with Gasteiger partial charge in [0.1, 0.15) is 0 Å². The molecule has 0 aliphatic rings. The van der Waals surface area contributed by atoms with Crippen molar-refractivity contribution in [3.05, 3.63) is 47.3 Å². The first-order valence-corrected chi connectivity index (χ1v) is 5.02. The highest BCUT2D eigenvalue weighted by Gasteiger charge is 2.02. The van der Waals surface area contributed by atoms with Crippen LogP contribution in [0.25, 0.3) is 10.4 Å². The number of hydrogen-bond acceptors (Lipinski definition) is 2. The van der Waals surface area contributed by atoms with E-state index in [1.807, 2.05) is 29.6 Å². The van der Waals surface area contributed by atoms with Crippen LogP contribution in [0.2, 0.25) is 0 Å². The van der Waals surface area contributed by atoms with E-state index < -0.39 is 5.97 Å². The van der Waals surface area contributed by atoms with Crippen LogP contribution < -0.4 is 0 Å². The predicted molar refractivity (Wildman–Crippen MR) is 60.3 cm³/mol. The molecule has 0 fully saturated rings. The van der Waals surface area contributed by atoms with Crippen LogP contribution in [0, 0.1) is 0 Å². The molecule has 1 heterocycles. The fraction of sp³-hybridized carbons (Fsp3) is 0. The van der Waals surface area contributed by atoms with E-state index in [9.17, 15) is 4.79 Å². The minimum absolute atomic E-state index is 0. The predicted octanol–water partition coefficient (Wildman–Crippen LogP) is 2.29. The molecule has 0 aliphatic carbocycles. The Labute approximate surface area is 90.9 Å². The van der Waals surface area contributed by atoms with Crippen molar-refractivity contribution in [2.24, 2.45) is 0 Å². The summed E-state index contributed by atoms with van der Waals surface area (Å²) in [5, 5.41) is 10.7. The van der Waals surface area contributed by atoms with Gasteiger partial charge < -0.3 is 10.6 Å². The van der Waals surface area contributed by atoms with E-state index in [0.717, 1.165) is 10.4 Å². The fourth-order valence-corrected chi connectivity index (χ4v) is 1.95. The lowest BCUT2D eigenvalue weighted by atomic mass is 10.1. The summed E-state index contributed by atoms with van der Waals surface area (Å²) in [6, 6.07) is 10.9. The average Bonchev–Trinajstić information content (AvgIpc) is 2.71. The van der Waals surface area contributed by atoms with Gasteiger partial charge in [0.25, 0.3) is 0 Å². The summed E-state index contributed by atoms with van der Waals surface area (Å²) in [5.74, 6) is -0.886. The zero-order valence-electron chi connectivity index (χ0n) is 7.81. The number of carboxylic acids is 1. The van der Waals surface area contributed by atoms with E-state index in [-0.39, 0.29) is 5.48 Å². The molecule has 3 N–H and O–H groups in total. The normalized spacial score (nSPS) is 9.33. The van der Waals surface area contributed by atoms with E-state index in [4.69, 9.17) is 5.11 Å². The number of benzene rings is 1. The number of hydrogen-bond donors (Lipinski definition) is 1. The Bertz CT molecular complexity index is 431. The summed E-state index contributed by atoms with van der Waals surface area (Å²) in [4.78, 5) is 11.8. The third kappa shape index (κ3) is 2.43. The van der Waals surface area contributed by atoms with Gasteiger partial charge in [0.05, 0.1) is 5.56 Å². The van der Waals surface area contributed by atoms with E-state index in [1.165, 1.54) is 0 Å². The lowest BCUT2D eigenvalue weighted by Crippen LogP contribution is -1.94. The molecule has 0 aliphatic heterocycles. The number of thiophene rings is 1. The van der Waals surface area contributed by atoms with Crippen LogP contribution in [-0.2, 0) is 0 Å². The Kier molecular flexibility index (Phi) is 3.60. The summed E-state index contributed by atoms with van der Waals surface area (Å²) >= 11 is 1.64. The van der Waals surface area contributed by atoms with Crippen LogP contribution >= 0.6 is 11.3 Å². The quantitative estimate of drug-likeness (QED) is 0.846. The second kappa shape index (κ2) is 4.72. The number of carbonyl (C=O) groups is 1. The summed E-state index contributed by atoms with van der Waals surface area (Å²) in [6.07, 6.45) is 0. The molecule has 0 bridgehead atoms. The van der Waals surface area contributed by atoms with E-state index in [2.05, 4.69) is 0 Å². The largest absolute Gasteiger partial charge is 0.478 e. The van der Waals surface area contributed by atoms with Crippen LogP contribution in [0.4, 0.5) is 0 Å². The van der Waals surface area contributed by atoms with Crippen LogP contribution in [0.5, 0.6) is 0 Å².